The van der Waals surface area contributed by atoms with E-state index in [9.17, 15) is 4.79 Å². The molecule has 1 fully saturated rings. The molecule has 1 saturated heterocycles. The van der Waals surface area contributed by atoms with Gasteiger partial charge < -0.3 is 4.90 Å². The molecule has 0 aliphatic carbocycles. The number of hydrogen-bond acceptors (Lipinski definition) is 5. The average Bonchev–Trinajstić information content (AvgIpc) is 3.17. The van der Waals surface area contributed by atoms with Gasteiger partial charge in [0.05, 0.1) is 0 Å². The molecule has 3 aromatic rings. The molecule has 1 amide bonds. The van der Waals surface area contributed by atoms with Crippen LogP contribution in [0.15, 0.2) is 35.1 Å². The standard InChI is InChI=1S/C15H14BrN5OS/c16-12-3-1-11(2-4-12)14(22)20-7-5-10(6-8-20)13-19-21-9-17-18-15(21)23-13/h1-4,9-10H,5-8H2. The number of likely N-dealkylation sites (tertiary alicyclic amines) is 1. The normalized spacial score (nSPS) is 16.1. The molecule has 23 heavy (non-hydrogen) atoms. The summed E-state index contributed by atoms with van der Waals surface area (Å²) in [5.74, 6) is 0.504. The minimum Gasteiger partial charge on any atom is -0.339 e. The summed E-state index contributed by atoms with van der Waals surface area (Å²) in [6, 6.07) is 7.53. The zero-order valence-electron chi connectivity index (χ0n) is 12.2. The lowest BCUT2D eigenvalue weighted by atomic mass is 9.97. The van der Waals surface area contributed by atoms with E-state index >= 15 is 0 Å². The number of benzene rings is 1. The Bertz CT molecular complexity index is 807. The minimum atomic E-state index is 0.106. The molecule has 0 bridgehead atoms. The van der Waals surface area contributed by atoms with Gasteiger partial charge in [0.25, 0.3) is 5.91 Å². The number of carbonyl (C=O) groups excluding carboxylic acids is 1. The smallest absolute Gasteiger partial charge is 0.253 e. The lowest BCUT2D eigenvalue weighted by molar-refractivity contribution is 0.0713. The third kappa shape index (κ3) is 2.88. The Morgan fingerprint density at radius 2 is 1.96 bits per heavy atom. The Hall–Kier alpha value is -1.80. The van der Waals surface area contributed by atoms with Crippen LogP contribution in [0, 0.1) is 0 Å². The summed E-state index contributed by atoms with van der Waals surface area (Å²) in [6.45, 7) is 1.53. The highest BCUT2D eigenvalue weighted by atomic mass is 79.9. The Balaban J connectivity index is 1.43. The summed E-state index contributed by atoms with van der Waals surface area (Å²) < 4.78 is 2.70. The molecule has 0 radical (unpaired) electrons. The van der Waals surface area contributed by atoms with Gasteiger partial charge in [0.2, 0.25) is 4.96 Å². The molecule has 0 atom stereocenters. The van der Waals surface area contributed by atoms with E-state index in [1.807, 2.05) is 29.2 Å². The maximum atomic E-state index is 12.5. The van der Waals surface area contributed by atoms with Gasteiger partial charge in [-0.15, -0.1) is 10.2 Å². The van der Waals surface area contributed by atoms with Crippen LogP contribution in [0.3, 0.4) is 0 Å². The largest absolute Gasteiger partial charge is 0.339 e. The fourth-order valence-electron chi connectivity index (χ4n) is 2.84. The molecule has 2 aromatic heterocycles. The Morgan fingerprint density at radius 1 is 1.22 bits per heavy atom. The summed E-state index contributed by atoms with van der Waals surface area (Å²) in [6.07, 6.45) is 3.50. The number of amides is 1. The van der Waals surface area contributed by atoms with Crippen LogP contribution in [0.25, 0.3) is 4.96 Å². The van der Waals surface area contributed by atoms with Crippen molar-refractivity contribution in [2.24, 2.45) is 0 Å². The first-order valence-corrected chi connectivity index (χ1v) is 9.03. The van der Waals surface area contributed by atoms with E-state index in [0.29, 0.717) is 5.92 Å². The van der Waals surface area contributed by atoms with Gasteiger partial charge in [-0.1, -0.05) is 27.3 Å². The Kier molecular flexibility index (Phi) is 3.86. The van der Waals surface area contributed by atoms with Crippen LogP contribution in [0.1, 0.15) is 34.1 Å². The quantitative estimate of drug-likeness (QED) is 0.673. The molecule has 0 saturated carbocycles. The highest BCUT2D eigenvalue weighted by Gasteiger charge is 2.26. The van der Waals surface area contributed by atoms with Crippen LogP contribution in [0.2, 0.25) is 0 Å². The van der Waals surface area contributed by atoms with Crippen molar-refractivity contribution < 1.29 is 4.79 Å². The highest BCUT2D eigenvalue weighted by molar-refractivity contribution is 9.10. The number of hydrogen-bond donors (Lipinski definition) is 0. The van der Waals surface area contributed by atoms with E-state index in [0.717, 1.165) is 45.9 Å². The molecular formula is C15H14BrN5OS. The first-order chi connectivity index (χ1) is 11.2. The molecule has 3 heterocycles. The topological polar surface area (TPSA) is 63.4 Å². The van der Waals surface area contributed by atoms with E-state index in [1.165, 1.54) is 0 Å². The second-order valence-corrected chi connectivity index (χ2v) is 7.47. The molecule has 1 aliphatic heterocycles. The first-order valence-electron chi connectivity index (χ1n) is 7.42. The second-order valence-electron chi connectivity index (χ2n) is 5.57. The molecule has 0 spiro atoms. The third-order valence-corrected chi connectivity index (χ3v) is 5.73. The van der Waals surface area contributed by atoms with Crippen LogP contribution >= 0.6 is 27.3 Å². The summed E-state index contributed by atoms with van der Waals surface area (Å²) in [5, 5.41) is 13.5. The van der Waals surface area contributed by atoms with Crippen molar-refractivity contribution in [1.29, 1.82) is 0 Å². The Labute approximate surface area is 145 Å². The van der Waals surface area contributed by atoms with E-state index in [4.69, 9.17) is 0 Å². The van der Waals surface area contributed by atoms with E-state index in [2.05, 4.69) is 31.2 Å². The summed E-state index contributed by atoms with van der Waals surface area (Å²) in [4.78, 5) is 15.3. The molecule has 118 valence electrons. The zero-order chi connectivity index (χ0) is 15.8. The summed E-state index contributed by atoms with van der Waals surface area (Å²) in [5.41, 5.74) is 0.741. The van der Waals surface area contributed by atoms with E-state index < -0.39 is 0 Å². The average molecular weight is 392 g/mol. The molecule has 8 heteroatoms. The van der Waals surface area contributed by atoms with Gasteiger partial charge in [0.15, 0.2) is 0 Å². The third-order valence-electron chi connectivity index (χ3n) is 4.13. The number of halogens is 1. The Morgan fingerprint density at radius 3 is 2.65 bits per heavy atom. The molecule has 1 aromatic carbocycles. The molecule has 4 rings (SSSR count). The van der Waals surface area contributed by atoms with Gasteiger partial charge in [-0.3, -0.25) is 4.79 Å². The fraction of sp³-hybridized carbons (Fsp3) is 0.333. The number of rotatable bonds is 2. The maximum Gasteiger partial charge on any atom is 0.253 e. The lowest BCUT2D eigenvalue weighted by Gasteiger charge is -2.31. The number of aromatic nitrogens is 4. The lowest BCUT2D eigenvalue weighted by Crippen LogP contribution is -2.37. The predicted octanol–water partition coefficient (Wildman–Crippen LogP) is 2.97. The summed E-state index contributed by atoms with van der Waals surface area (Å²) in [7, 11) is 0. The maximum absolute atomic E-state index is 12.5. The SMILES string of the molecule is O=C(c1ccc(Br)cc1)N1CCC(c2nn3cnnc3s2)CC1. The van der Waals surface area contributed by atoms with Crippen LogP contribution in [0.5, 0.6) is 0 Å². The van der Waals surface area contributed by atoms with Crippen molar-refractivity contribution in [3.05, 3.63) is 45.6 Å². The van der Waals surface area contributed by atoms with Gasteiger partial charge in [-0.2, -0.15) is 9.61 Å². The molecule has 1 aliphatic rings. The van der Waals surface area contributed by atoms with Gasteiger partial charge in [0.1, 0.15) is 11.3 Å². The monoisotopic (exact) mass is 391 g/mol. The van der Waals surface area contributed by atoms with Crippen molar-refractivity contribution in [2.45, 2.75) is 18.8 Å². The van der Waals surface area contributed by atoms with Crippen molar-refractivity contribution >= 4 is 38.1 Å². The van der Waals surface area contributed by atoms with Crippen molar-refractivity contribution in [1.82, 2.24) is 24.7 Å². The molecule has 6 nitrogen and oxygen atoms in total. The number of carbonyl (C=O) groups is 1. The second kappa shape index (κ2) is 6.01. The van der Waals surface area contributed by atoms with Gasteiger partial charge in [-0.25, -0.2) is 0 Å². The predicted molar refractivity (Wildman–Crippen MR) is 90.7 cm³/mol. The van der Waals surface area contributed by atoms with Crippen LogP contribution in [-0.4, -0.2) is 43.7 Å². The van der Waals surface area contributed by atoms with Gasteiger partial charge >= 0.3 is 0 Å². The minimum absolute atomic E-state index is 0.106. The first kappa shape index (κ1) is 14.8. The van der Waals surface area contributed by atoms with Gasteiger partial charge in [0, 0.05) is 29.0 Å². The highest BCUT2D eigenvalue weighted by Crippen LogP contribution is 2.31. The van der Waals surface area contributed by atoms with Crippen molar-refractivity contribution in [3.63, 3.8) is 0 Å². The fourth-order valence-corrected chi connectivity index (χ4v) is 4.10. The summed E-state index contributed by atoms with van der Waals surface area (Å²) >= 11 is 4.98. The van der Waals surface area contributed by atoms with Crippen molar-refractivity contribution in [2.75, 3.05) is 13.1 Å². The number of piperidine rings is 1. The van der Waals surface area contributed by atoms with Crippen molar-refractivity contribution in [3.8, 4) is 0 Å². The number of nitrogens with zero attached hydrogens (tertiary/aromatic N) is 5. The van der Waals surface area contributed by atoms with E-state index in [1.54, 1.807) is 22.2 Å². The molecule has 0 N–H and O–H groups in total. The number of fused-ring (bicyclic) bond motifs is 1. The molecule has 0 unspecified atom stereocenters. The van der Waals surface area contributed by atoms with Crippen LogP contribution in [0.4, 0.5) is 0 Å². The van der Waals surface area contributed by atoms with E-state index in [-0.39, 0.29) is 5.91 Å². The van der Waals surface area contributed by atoms with Gasteiger partial charge in [-0.05, 0) is 37.1 Å². The van der Waals surface area contributed by atoms with Crippen LogP contribution < -0.4 is 0 Å². The zero-order valence-corrected chi connectivity index (χ0v) is 14.6. The molecular weight excluding hydrogens is 378 g/mol. The van der Waals surface area contributed by atoms with Crippen LogP contribution in [-0.2, 0) is 0 Å².